The molecule has 2 N–H and O–H groups in total. The van der Waals surface area contributed by atoms with E-state index in [-0.39, 0.29) is 11.8 Å². The first-order valence-electron chi connectivity index (χ1n) is 8.88. The van der Waals surface area contributed by atoms with E-state index in [2.05, 4.69) is 15.6 Å². The summed E-state index contributed by atoms with van der Waals surface area (Å²) in [7, 11) is 0. The minimum Gasteiger partial charge on any atom is -0.346 e. The number of amides is 2. The van der Waals surface area contributed by atoms with Crippen LogP contribution in [-0.2, 0) is 11.3 Å². The lowest BCUT2D eigenvalue weighted by atomic mass is 10.1. The van der Waals surface area contributed by atoms with Crippen LogP contribution in [0.25, 0.3) is 6.08 Å². The highest BCUT2D eigenvalue weighted by molar-refractivity contribution is 8.04. The number of carbonyl (C=O) groups is 2. The van der Waals surface area contributed by atoms with E-state index in [9.17, 15) is 9.59 Å². The molecule has 0 bridgehead atoms. The fraction of sp³-hybridized carbons (Fsp3) is 0.0455. The maximum absolute atomic E-state index is 12.5. The Bertz CT molecular complexity index is 1120. The first-order chi connectivity index (χ1) is 14.1. The molecule has 2 heterocycles. The number of rotatable bonds is 4. The van der Waals surface area contributed by atoms with Gasteiger partial charge in [0.25, 0.3) is 11.8 Å². The number of nitrogens with zero attached hydrogens (tertiary/aromatic N) is 1. The fourth-order valence-corrected chi connectivity index (χ4v) is 3.92. The second-order valence-electron chi connectivity index (χ2n) is 6.30. The predicted octanol–water partition coefficient (Wildman–Crippen LogP) is 4.75. The first-order valence-corrected chi connectivity index (χ1v) is 10.1. The first kappa shape index (κ1) is 19.2. The van der Waals surface area contributed by atoms with Gasteiger partial charge in [-0.1, -0.05) is 47.6 Å². The zero-order valence-electron chi connectivity index (χ0n) is 15.2. The quantitative estimate of drug-likeness (QED) is 0.596. The number of fused-ring (bicyclic) bond motifs is 1. The van der Waals surface area contributed by atoms with Crippen molar-refractivity contribution in [1.29, 1.82) is 0 Å². The molecule has 0 fully saturated rings. The average Bonchev–Trinajstić information content (AvgIpc) is 2.74. The molecular formula is C22H16ClN3O2S. The van der Waals surface area contributed by atoms with Crippen LogP contribution in [0.5, 0.6) is 0 Å². The molecule has 0 unspecified atom stereocenters. The molecule has 2 amide bonds. The van der Waals surface area contributed by atoms with Crippen molar-refractivity contribution in [3.8, 4) is 0 Å². The standard InChI is InChI=1S/C22H16ClN3O2S/c23-17-7-2-1-5-14(17)12-20-22(28)26-18-11-15(8-9-19(18)29-20)21(27)25-13-16-6-3-4-10-24-16/h1-12H,13H2,(H,25,27)(H,26,28). The van der Waals surface area contributed by atoms with Crippen LogP contribution in [0.15, 0.2) is 76.7 Å². The monoisotopic (exact) mass is 421 g/mol. The Morgan fingerprint density at radius 3 is 2.76 bits per heavy atom. The molecule has 2 aromatic carbocycles. The number of benzene rings is 2. The van der Waals surface area contributed by atoms with Crippen molar-refractivity contribution in [2.75, 3.05) is 5.32 Å². The highest BCUT2D eigenvalue weighted by atomic mass is 35.5. The summed E-state index contributed by atoms with van der Waals surface area (Å²) in [5.74, 6) is -0.455. The van der Waals surface area contributed by atoms with E-state index in [1.54, 1.807) is 30.5 Å². The van der Waals surface area contributed by atoms with Gasteiger partial charge in [0.15, 0.2) is 0 Å². The van der Waals surface area contributed by atoms with Gasteiger partial charge in [-0.15, -0.1) is 0 Å². The number of hydrogen-bond acceptors (Lipinski definition) is 4. The SMILES string of the molecule is O=C1Nc2cc(C(=O)NCc3ccccn3)ccc2SC1=Cc1ccccc1Cl. The van der Waals surface area contributed by atoms with Crippen LogP contribution in [0.2, 0.25) is 5.02 Å². The highest BCUT2D eigenvalue weighted by Crippen LogP contribution is 2.39. The van der Waals surface area contributed by atoms with Gasteiger partial charge in [-0.2, -0.15) is 0 Å². The van der Waals surface area contributed by atoms with Crippen molar-refractivity contribution in [2.45, 2.75) is 11.4 Å². The molecule has 4 rings (SSSR count). The Hall–Kier alpha value is -3.09. The molecule has 0 spiro atoms. The van der Waals surface area contributed by atoms with Gasteiger partial charge in [-0.05, 0) is 48.0 Å². The molecule has 29 heavy (non-hydrogen) atoms. The van der Waals surface area contributed by atoms with Gasteiger partial charge in [-0.25, -0.2) is 0 Å². The van der Waals surface area contributed by atoms with E-state index >= 15 is 0 Å². The third kappa shape index (κ3) is 4.50. The molecule has 0 radical (unpaired) electrons. The Morgan fingerprint density at radius 2 is 1.97 bits per heavy atom. The zero-order valence-corrected chi connectivity index (χ0v) is 16.8. The van der Waals surface area contributed by atoms with Gasteiger partial charge in [0, 0.05) is 21.7 Å². The largest absolute Gasteiger partial charge is 0.346 e. The number of halogens is 1. The van der Waals surface area contributed by atoms with Crippen LogP contribution >= 0.6 is 23.4 Å². The minimum absolute atomic E-state index is 0.227. The Kier molecular flexibility index (Phi) is 5.64. The summed E-state index contributed by atoms with van der Waals surface area (Å²) in [6, 6.07) is 18.1. The molecule has 3 aromatic rings. The van der Waals surface area contributed by atoms with Gasteiger partial charge in [0.05, 0.1) is 22.8 Å². The van der Waals surface area contributed by atoms with Crippen molar-refractivity contribution in [2.24, 2.45) is 0 Å². The van der Waals surface area contributed by atoms with Crippen LogP contribution in [0.1, 0.15) is 21.6 Å². The number of carbonyl (C=O) groups excluding carboxylic acids is 2. The number of pyridine rings is 1. The molecule has 0 atom stereocenters. The normalized spacial score (nSPS) is 14.2. The fourth-order valence-electron chi connectivity index (χ4n) is 2.81. The van der Waals surface area contributed by atoms with Gasteiger partial charge in [0.2, 0.25) is 0 Å². The van der Waals surface area contributed by atoms with Crippen molar-refractivity contribution < 1.29 is 9.59 Å². The summed E-state index contributed by atoms with van der Waals surface area (Å²) < 4.78 is 0. The summed E-state index contributed by atoms with van der Waals surface area (Å²) in [6.07, 6.45) is 3.44. The number of thioether (sulfide) groups is 1. The van der Waals surface area contributed by atoms with Crippen LogP contribution in [0.4, 0.5) is 5.69 Å². The van der Waals surface area contributed by atoms with E-state index < -0.39 is 0 Å². The van der Waals surface area contributed by atoms with Crippen molar-refractivity contribution in [1.82, 2.24) is 10.3 Å². The average molecular weight is 422 g/mol. The number of anilines is 1. The number of hydrogen-bond donors (Lipinski definition) is 2. The molecule has 1 aliphatic heterocycles. The van der Waals surface area contributed by atoms with Crippen molar-refractivity contribution in [3.63, 3.8) is 0 Å². The third-order valence-corrected chi connectivity index (χ3v) is 5.72. The third-order valence-electron chi connectivity index (χ3n) is 4.28. The Balaban J connectivity index is 1.50. The van der Waals surface area contributed by atoms with Gasteiger partial charge in [0.1, 0.15) is 0 Å². The lowest BCUT2D eigenvalue weighted by Gasteiger charge is -2.19. The topological polar surface area (TPSA) is 71.1 Å². The molecule has 7 heteroatoms. The van der Waals surface area contributed by atoms with Crippen LogP contribution in [-0.4, -0.2) is 16.8 Å². The molecule has 0 saturated heterocycles. The molecule has 0 saturated carbocycles. The molecule has 144 valence electrons. The van der Waals surface area contributed by atoms with Gasteiger partial charge < -0.3 is 10.6 Å². The minimum atomic E-state index is -0.228. The summed E-state index contributed by atoms with van der Waals surface area (Å²) in [4.78, 5) is 30.5. The van der Waals surface area contributed by atoms with Crippen molar-refractivity contribution in [3.05, 3.63) is 93.6 Å². The summed E-state index contributed by atoms with van der Waals surface area (Å²) in [6.45, 7) is 0.336. The predicted molar refractivity (Wildman–Crippen MR) is 116 cm³/mol. The smallest absolute Gasteiger partial charge is 0.262 e. The Labute approximate surface area is 177 Å². The molecular weight excluding hydrogens is 406 g/mol. The number of aromatic nitrogens is 1. The summed E-state index contributed by atoms with van der Waals surface area (Å²) in [5.41, 5.74) is 2.64. The van der Waals surface area contributed by atoms with E-state index in [1.165, 1.54) is 11.8 Å². The molecule has 5 nitrogen and oxygen atoms in total. The van der Waals surface area contributed by atoms with Crippen LogP contribution in [0.3, 0.4) is 0 Å². The summed E-state index contributed by atoms with van der Waals surface area (Å²) >= 11 is 7.53. The van der Waals surface area contributed by atoms with E-state index in [0.717, 1.165) is 16.2 Å². The van der Waals surface area contributed by atoms with Crippen LogP contribution in [0, 0.1) is 0 Å². The van der Waals surface area contributed by atoms with Crippen LogP contribution < -0.4 is 10.6 Å². The molecule has 1 aromatic heterocycles. The second kappa shape index (κ2) is 8.51. The summed E-state index contributed by atoms with van der Waals surface area (Å²) in [5, 5.41) is 6.27. The highest BCUT2D eigenvalue weighted by Gasteiger charge is 2.22. The van der Waals surface area contributed by atoms with E-state index in [1.807, 2.05) is 42.5 Å². The maximum Gasteiger partial charge on any atom is 0.262 e. The second-order valence-corrected chi connectivity index (χ2v) is 7.79. The van der Waals surface area contributed by atoms with Crippen molar-refractivity contribution >= 4 is 46.9 Å². The van der Waals surface area contributed by atoms with Gasteiger partial charge in [-0.3, -0.25) is 14.6 Å². The molecule has 0 aliphatic carbocycles. The lowest BCUT2D eigenvalue weighted by Crippen LogP contribution is -2.24. The lowest BCUT2D eigenvalue weighted by molar-refractivity contribution is -0.112. The van der Waals surface area contributed by atoms with Gasteiger partial charge >= 0.3 is 0 Å². The van der Waals surface area contributed by atoms with E-state index in [0.29, 0.717) is 27.7 Å². The van der Waals surface area contributed by atoms with E-state index in [4.69, 9.17) is 11.6 Å². The zero-order chi connectivity index (χ0) is 20.2. The maximum atomic E-state index is 12.5. The number of nitrogens with one attached hydrogen (secondary N) is 2. The molecule has 1 aliphatic rings. The Morgan fingerprint density at radius 1 is 1.14 bits per heavy atom.